The van der Waals surface area contributed by atoms with Gasteiger partial charge in [-0.2, -0.15) is 5.10 Å². The monoisotopic (exact) mass is 276 g/mol. The lowest BCUT2D eigenvalue weighted by atomic mass is 9.93. The van der Waals surface area contributed by atoms with Crippen molar-refractivity contribution in [3.8, 4) is 0 Å². The second-order valence-electron chi connectivity index (χ2n) is 6.13. The zero-order chi connectivity index (χ0) is 14.2. The number of aromatic nitrogens is 2. The third kappa shape index (κ3) is 2.35. The molecular formula is C15H24N4O. The maximum atomic E-state index is 12.4. The zero-order valence-corrected chi connectivity index (χ0v) is 12.4. The Hall–Kier alpha value is -1.36. The predicted octanol–water partition coefficient (Wildman–Crippen LogP) is 0.926. The molecule has 1 saturated carbocycles. The van der Waals surface area contributed by atoms with Gasteiger partial charge in [0.2, 0.25) is 5.91 Å². The van der Waals surface area contributed by atoms with Gasteiger partial charge in [-0.3, -0.25) is 9.48 Å². The Morgan fingerprint density at radius 3 is 3.20 bits per heavy atom. The number of nitrogens with zero attached hydrogens (tertiary/aromatic N) is 2. The van der Waals surface area contributed by atoms with Crippen molar-refractivity contribution in [1.82, 2.24) is 20.4 Å². The van der Waals surface area contributed by atoms with Crippen LogP contribution >= 0.6 is 0 Å². The lowest BCUT2D eigenvalue weighted by Gasteiger charge is -2.30. The summed E-state index contributed by atoms with van der Waals surface area (Å²) in [5.41, 5.74) is 2.06. The number of amides is 1. The van der Waals surface area contributed by atoms with Crippen molar-refractivity contribution in [2.75, 3.05) is 6.54 Å². The van der Waals surface area contributed by atoms with E-state index in [-0.39, 0.29) is 11.4 Å². The van der Waals surface area contributed by atoms with Gasteiger partial charge in [0.25, 0.3) is 0 Å². The second-order valence-corrected chi connectivity index (χ2v) is 6.13. The van der Waals surface area contributed by atoms with Crippen LogP contribution in [0, 0.1) is 0 Å². The Labute approximate surface area is 120 Å². The van der Waals surface area contributed by atoms with Gasteiger partial charge in [-0.15, -0.1) is 0 Å². The Bertz CT molecular complexity index is 498. The number of nitrogens with one attached hydrogen (secondary N) is 2. The number of rotatable bonds is 4. The highest BCUT2D eigenvalue weighted by molar-refractivity contribution is 5.79. The molecule has 110 valence electrons. The summed E-state index contributed by atoms with van der Waals surface area (Å²) in [6, 6.07) is 2.51. The van der Waals surface area contributed by atoms with Gasteiger partial charge in [-0.25, -0.2) is 0 Å². The summed E-state index contributed by atoms with van der Waals surface area (Å²) in [5, 5.41) is 11.2. The molecule has 2 aliphatic rings. The van der Waals surface area contributed by atoms with Crippen LogP contribution in [0.3, 0.4) is 0 Å². The van der Waals surface area contributed by atoms with E-state index in [1.54, 1.807) is 0 Å². The van der Waals surface area contributed by atoms with Gasteiger partial charge in [0.05, 0.1) is 17.7 Å². The Morgan fingerprint density at radius 1 is 1.60 bits per heavy atom. The molecule has 0 radical (unpaired) electrons. The van der Waals surface area contributed by atoms with Crippen LogP contribution < -0.4 is 10.6 Å². The normalized spacial score (nSPS) is 28.6. The van der Waals surface area contributed by atoms with Crippen LogP contribution in [0.4, 0.5) is 0 Å². The van der Waals surface area contributed by atoms with Crippen LogP contribution in [0.2, 0.25) is 0 Å². The molecule has 1 aliphatic heterocycles. The number of hydrogen-bond donors (Lipinski definition) is 2. The number of fused-ring (bicyclic) bond motifs is 1. The van der Waals surface area contributed by atoms with E-state index in [0.717, 1.165) is 37.2 Å². The topological polar surface area (TPSA) is 59.0 Å². The van der Waals surface area contributed by atoms with Crippen molar-refractivity contribution >= 4 is 5.91 Å². The second kappa shape index (κ2) is 5.20. The third-order valence-electron chi connectivity index (χ3n) is 4.86. The molecule has 1 aromatic heterocycles. The fourth-order valence-corrected chi connectivity index (χ4v) is 3.75. The number of aryl methyl sites for hydroxylation is 2. The first-order valence-electron chi connectivity index (χ1n) is 7.69. The van der Waals surface area contributed by atoms with Crippen LogP contribution in [0.1, 0.15) is 44.0 Å². The van der Waals surface area contributed by atoms with E-state index in [4.69, 9.17) is 0 Å². The first-order valence-corrected chi connectivity index (χ1v) is 7.69. The number of carbonyl (C=O) groups is 1. The zero-order valence-electron chi connectivity index (χ0n) is 12.4. The van der Waals surface area contributed by atoms with Gasteiger partial charge in [-0.1, -0.05) is 6.92 Å². The highest BCUT2D eigenvalue weighted by Gasteiger charge is 2.46. The van der Waals surface area contributed by atoms with Crippen molar-refractivity contribution < 1.29 is 4.79 Å². The molecule has 1 amide bonds. The minimum atomic E-state index is 0.0171. The van der Waals surface area contributed by atoms with Crippen molar-refractivity contribution in [3.05, 3.63) is 17.5 Å². The van der Waals surface area contributed by atoms with Gasteiger partial charge >= 0.3 is 0 Å². The van der Waals surface area contributed by atoms with E-state index in [1.807, 2.05) is 17.8 Å². The van der Waals surface area contributed by atoms with E-state index in [1.165, 1.54) is 12.8 Å². The van der Waals surface area contributed by atoms with E-state index in [9.17, 15) is 4.79 Å². The highest BCUT2D eigenvalue weighted by atomic mass is 16.1. The molecule has 2 atom stereocenters. The average Bonchev–Trinajstić information content (AvgIpc) is 3.04. The standard InChI is InChI=1S/C15H24N4O/c1-3-11-9-12(19(2)18-11)10-14(20)17-15-6-4-5-13(15)16-8-7-15/h9,13,16H,3-8,10H2,1-2H3,(H,17,20). The molecule has 0 spiro atoms. The van der Waals surface area contributed by atoms with Crippen molar-refractivity contribution in [2.24, 2.45) is 7.05 Å². The van der Waals surface area contributed by atoms with Crippen LogP contribution in [0.25, 0.3) is 0 Å². The Morgan fingerprint density at radius 2 is 2.45 bits per heavy atom. The van der Waals surface area contributed by atoms with E-state index in [0.29, 0.717) is 12.5 Å². The van der Waals surface area contributed by atoms with E-state index < -0.39 is 0 Å². The summed E-state index contributed by atoms with van der Waals surface area (Å²) in [7, 11) is 1.91. The average molecular weight is 276 g/mol. The minimum Gasteiger partial charge on any atom is -0.349 e. The van der Waals surface area contributed by atoms with Gasteiger partial charge in [0.1, 0.15) is 0 Å². The maximum Gasteiger partial charge on any atom is 0.226 e. The van der Waals surface area contributed by atoms with E-state index >= 15 is 0 Å². The first-order chi connectivity index (χ1) is 9.63. The summed E-state index contributed by atoms with van der Waals surface area (Å²) >= 11 is 0. The smallest absolute Gasteiger partial charge is 0.226 e. The quantitative estimate of drug-likeness (QED) is 0.860. The molecule has 20 heavy (non-hydrogen) atoms. The largest absolute Gasteiger partial charge is 0.349 e. The van der Waals surface area contributed by atoms with Crippen molar-refractivity contribution in [2.45, 2.75) is 57.0 Å². The molecule has 1 aliphatic carbocycles. The van der Waals surface area contributed by atoms with E-state index in [2.05, 4.69) is 22.7 Å². The van der Waals surface area contributed by atoms with Crippen LogP contribution in [-0.4, -0.2) is 33.8 Å². The highest BCUT2D eigenvalue weighted by Crippen LogP contribution is 2.36. The Kier molecular flexibility index (Phi) is 3.54. The van der Waals surface area contributed by atoms with Gasteiger partial charge in [0, 0.05) is 18.8 Å². The molecule has 3 rings (SSSR count). The number of carbonyl (C=O) groups excluding carboxylic acids is 1. The minimum absolute atomic E-state index is 0.0171. The lowest BCUT2D eigenvalue weighted by molar-refractivity contribution is -0.122. The summed E-state index contributed by atoms with van der Waals surface area (Å²) in [4.78, 5) is 12.4. The molecule has 0 bridgehead atoms. The molecule has 2 fully saturated rings. The lowest BCUT2D eigenvalue weighted by Crippen LogP contribution is -2.53. The molecule has 0 aromatic carbocycles. The molecule has 5 nitrogen and oxygen atoms in total. The molecule has 2 N–H and O–H groups in total. The fourth-order valence-electron chi connectivity index (χ4n) is 3.75. The van der Waals surface area contributed by atoms with Crippen LogP contribution in [0.15, 0.2) is 6.07 Å². The molecule has 2 heterocycles. The van der Waals surface area contributed by atoms with Gasteiger partial charge < -0.3 is 10.6 Å². The summed E-state index contributed by atoms with van der Waals surface area (Å²) in [6.07, 6.45) is 5.91. The first kappa shape index (κ1) is 13.6. The Balaban J connectivity index is 1.66. The molecule has 1 aromatic rings. The van der Waals surface area contributed by atoms with Crippen LogP contribution in [0.5, 0.6) is 0 Å². The van der Waals surface area contributed by atoms with Gasteiger partial charge in [-0.05, 0) is 44.7 Å². The summed E-state index contributed by atoms with van der Waals surface area (Å²) in [6.45, 7) is 3.11. The molecule has 5 heteroatoms. The predicted molar refractivity (Wildman–Crippen MR) is 77.4 cm³/mol. The van der Waals surface area contributed by atoms with Gasteiger partial charge in [0.15, 0.2) is 0 Å². The van der Waals surface area contributed by atoms with Crippen molar-refractivity contribution in [3.63, 3.8) is 0 Å². The van der Waals surface area contributed by atoms with Crippen molar-refractivity contribution in [1.29, 1.82) is 0 Å². The summed E-state index contributed by atoms with van der Waals surface area (Å²) < 4.78 is 1.83. The SMILES string of the molecule is CCc1cc(CC(=O)NC23CCCC2NCC3)n(C)n1. The molecular weight excluding hydrogens is 252 g/mol. The molecule has 2 unspecified atom stereocenters. The number of hydrogen-bond acceptors (Lipinski definition) is 3. The third-order valence-corrected chi connectivity index (χ3v) is 4.86. The summed E-state index contributed by atoms with van der Waals surface area (Å²) in [5.74, 6) is 0.131. The van der Waals surface area contributed by atoms with Crippen LogP contribution in [-0.2, 0) is 24.7 Å². The molecule has 1 saturated heterocycles. The maximum absolute atomic E-state index is 12.4. The fraction of sp³-hybridized carbons (Fsp3) is 0.733.